The smallest absolute Gasteiger partial charge is 0.324 e. The van der Waals surface area contributed by atoms with E-state index in [0.29, 0.717) is 23.6 Å². The van der Waals surface area contributed by atoms with Crippen molar-refractivity contribution in [2.45, 2.75) is 32.9 Å². The van der Waals surface area contributed by atoms with Crippen molar-refractivity contribution in [3.8, 4) is 0 Å². The average molecular weight is 291 g/mol. The highest BCUT2D eigenvalue weighted by molar-refractivity contribution is 5.69. The Labute approximate surface area is 122 Å². The van der Waals surface area contributed by atoms with Gasteiger partial charge in [-0.1, -0.05) is 0 Å². The van der Waals surface area contributed by atoms with Gasteiger partial charge in [-0.05, 0) is 38.8 Å². The van der Waals surface area contributed by atoms with Gasteiger partial charge in [0.1, 0.15) is 0 Å². The van der Waals surface area contributed by atoms with Crippen LogP contribution in [-0.4, -0.2) is 31.8 Å². The third-order valence-electron chi connectivity index (χ3n) is 4.33. The predicted octanol–water partition coefficient (Wildman–Crippen LogP) is -0.0838. The number of nitrogens with zero attached hydrogens (tertiary/aromatic N) is 4. The van der Waals surface area contributed by atoms with Crippen LogP contribution in [0, 0.1) is 5.92 Å². The summed E-state index contributed by atoms with van der Waals surface area (Å²) in [7, 11) is 1.66. The van der Waals surface area contributed by atoms with E-state index in [0.717, 1.165) is 32.5 Å². The maximum absolute atomic E-state index is 12.5. The van der Waals surface area contributed by atoms with Crippen LogP contribution in [0.15, 0.2) is 15.9 Å². The monoisotopic (exact) mass is 291 g/mol. The third-order valence-corrected chi connectivity index (χ3v) is 4.33. The first kappa shape index (κ1) is 14.1. The van der Waals surface area contributed by atoms with Gasteiger partial charge in [0.05, 0.1) is 6.33 Å². The average Bonchev–Trinajstić information content (AvgIpc) is 2.91. The molecule has 0 atom stereocenters. The topological polar surface area (TPSA) is 73.8 Å². The molecule has 1 aliphatic rings. The molecule has 7 nitrogen and oxygen atoms in total. The summed E-state index contributed by atoms with van der Waals surface area (Å²) >= 11 is 0. The van der Waals surface area contributed by atoms with E-state index in [4.69, 9.17) is 0 Å². The minimum Gasteiger partial charge on any atom is -0.324 e. The molecular weight excluding hydrogens is 270 g/mol. The maximum Gasteiger partial charge on any atom is 0.332 e. The normalized spacial score (nSPS) is 16.7. The Morgan fingerprint density at radius 1 is 1.33 bits per heavy atom. The van der Waals surface area contributed by atoms with Crippen molar-refractivity contribution in [3.63, 3.8) is 0 Å². The summed E-state index contributed by atoms with van der Waals surface area (Å²) < 4.78 is 4.64. The maximum atomic E-state index is 12.5. The van der Waals surface area contributed by atoms with Crippen molar-refractivity contribution in [2.75, 3.05) is 13.1 Å². The highest BCUT2D eigenvalue weighted by Crippen LogP contribution is 2.16. The first-order valence-electron chi connectivity index (χ1n) is 7.48. The molecule has 0 bridgehead atoms. The van der Waals surface area contributed by atoms with Crippen molar-refractivity contribution < 1.29 is 0 Å². The molecule has 3 rings (SSSR count). The second-order valence-electron chi connectivity index (χ2n) is 5.65. The van der Waals surface area contributed by atoms with E-state index in [-0.39, 0.29) is 11.2 Å². The third kappa shape index (κ3) is 2.31. The molecule has 0 saturated carbocycles. The molecule has 0 radical (unpaired) electrons. The largest absolute Gasteiger partial charge is 0.332 e. The van der Waals surface area contributed by atoms with Crippen molar-refractivity contribution in [1.82, 2.24) is 24.0 Å². The molecule has 1 saturated heterocycles. The number of nitrogens with one attached hydrogen (secondary N) is 1. The van der Waals surface area contributed by atoms with Gasteiger partial charge >= 0.3 is 5.69 Å². The Hall–Kier alpha value is -1.89. The molecule has 0 aliphatic carbocycles. The van der Waals surface area contributed by atoms with Crippen LogP contribution in [0.3, 0.4) is 0 Å². The molecule has 114 valence electrons. The first-order chi connectivity index (χ1) is 10.1. The zero-order chi connectivity index (χ0) is 15.0. The van der Waals surface area contributed by atoms with Crippen LogP contribution in [0.5, 0.6) is 0 Å². The van der Waals surface area contributed by atoms with E-state index in [1.807, 2.05) is 11.5 Å². The lowest BCUT2D eigenvalue weighted by Gasteiger charge is -2.23. The van der Waals surface area contributed by atoms with Gasteiger partial charge in [-0.15, -0.1) is 0 Å². The highest BCUT2D eigenvalue weighted by atomic mass is 16.2. The van der Waals surface area contributed by atoms with Crippen LogP contribution in [0.4, 0.5) is 0 Å². The second-order valence-corrected chi connectivity index (χ2v) is 5.65. The van der Waals surface area contributed by atoms with Crippen LogP contribution >= 0.6 is 0 Å². The molecule has 1 N–H and O–H groups in total. The summed E-state index contributed by atoms with van der Waals surface area (Å²) in [6.07, 6.45) is 3.90. The summed E-state index contributed by atoms with van der Waals surface area (Å²) in [4.78, 5) is 28.9. The molecule has 0 unspecified atom stereocenters. The highest BCUT2D eigenvalue weighted by Gasteiger charge is 2.19. The number of hydrogen-bond donors (Lipinski definition) is 1. The molecule has 2 aromatic heterocycles. The first-order valence-corrected chi connectivity index (χ1v) is 7.48. The van der Waals surface area contributed by atoms with Gasteiger partial charge in [0.2, 0.25) is 0 Å². The standard InChI is InChI=1S/C14H21N5O2/c1-3-19-13(20)11-12(17(2)14(19)21)16-9-18(11)8-10-4-6-15-7-5-10/h9-10,15H,3-8H2,1-2H3. The Morgan fingerprint density at radius 2 is 2.05 bits per heavy atom. The minimum atomic E-state index is -0.304. The number of aromatic nitrogens is 4. The minimum absolute atomic E-state index is 0.234. The van der Waals surface area contributed by atoms with E-state index in [2.05, 4.69) is 10.3 Å². The molecule has 2 aromatic rings. The van der Waals surface area contributed by atoms with Gasteiger partial charge in [0, 0.05) is 20.1 Å². The van der Waals surface area contributed by atoms with Crippen LogP contribution in [0.1, 0.15) is 19.8 Å². The van der Waals surface area contributed by atoms with Gasteiger partial charge in [0.15, 0.2) is 11.2 Å². The van der Waals surface area contributed by atoms with E-state index >= 15 is 0 Å². The Kier molecular flexibility index (Phi) is 3.67. The summed E-state index contributed by atoms with van der Waals surface area (Å²) in [5, 5.41) is 3.34. The molecule has 21 heavy (non-hydrogen) atoms. The van der Waals surface area contributed by atoms with E-state index in [9.17, 15) is 9.59 Å². The molecule has 7 heteroatoms. The number of rotatable bonds is 3. The fraction of sp³-hybridized carbons (Fsp3) is 0.643. The number of piperidine rings is 1. The van der Waals surface area contributed by atoms with Crippen LogP contribution in [0.2, 0.25) is 0 Å². The molecule has 1 fully saturated rings. The Morgan fingerprint density at radius 3 is 2.71 bits per heavy atom. The van der Waals surface area contributed by atoms with Gasteiger partial charge in [-0.2, -0.15) is 0 Å². The number of fused-ring (bicyclic) bond motifs is 1. The fourth-order valence-corrected chi connectivity index (χ4v) is 3.08. The number of aryl methyl sites for hydroxylation is 1. The zero-order valence-corrected chi connectivity index (χ0v) is 12.5. The molecule has 1 aliphatic heterocycles. The lowest BCUT2D eigenvalue weighted by Crippen LogP contribution is -2.39. The van der Waals surface area contributed by atoms with Crippen molar-refractivity contribution in [3.05, 3.63) is 27.2 Å². The molecule has 3 heterocycles. The summed E-state index contributed by atoms with van der Waals surface area (Å²) in [5.74, 6) is 0.551. The van der Waals surface area contributed by atoms with E-state index in [1.54, 1.807) is 13.4 Å². The Bertz CT molecular complexity index is 764. The van der Waals surface area contributed by atoms with Gasteiger partial charge in [-0.25, -0.2) is 9.78 Å². The summed E-state index contributed by atoms with van der Waals surface area (Å²) in [5.41, 5.74) is 0.477. The quantitative estimate of drug-likeness (QED) is 0.858. The van der Waals surface area contributed by atoms with Gasteiger partial charge in [-0.3, -0.25) is 13.9 Å². The zero-order valence-electron chi connectivity index (χ0n) is 12.5. The molecule has 0 aromatic carbocycles. The SMILES string of the molecule is CCn1c(=O)c2c(ncn2CC2CCNCC2)n(C)c1=O. The van der Waals surface area contributed by atoms with Crippen molar-refractivity contribution in [2.24, 2.45) is 13.0 Å². The molecule has 0 spiro atoms. The second kappa shape index (κ2) is 5.48. The summed E-state index contributed by atoms with van der Waals surface area (Å²) in [6, 6.07) is 0. The lowest BCUT2D eigenvalue weighted by atomic mass is 9.98. The summed E-state index contributed by atoms with van der Waals surface area (Å²) in [6.45, 7) is 5.02. The van der Waals surface area contributed by atoms with Crippen molar-refractivity contribution in [1.29, 1.82) is 0 Å². The molecular formula is C14H21N5O2. The van der Waals surface area contributed by atoms with Gasteiger partial charge < -0.3 is 9.88 Å². The van der Waals surface area contributed by atoms with Crippen LogP contribution in [0.25, 0.3) is 11.2 Å². The van der Waals surface area contributed by atoms with Crippen molar-refractivity contribution >= 4 is 11.2 Å². The van der Waals surface area contributed by atoms with E-state index in [1.165, 1.54) is 9.13 Å². The number of imidazole rings is 1. The van der Waals surface area contributed by atoms with E-state index < -0.39 is 0 Å². The fourth-order valence-electron chi connectivity index (χ4n) is 3.08. The predicted molar refractivity (Wildman–Crippen MR) is 80.5 cm³/mol. The Balaban J connectivity index is 2.10. The number of hydrogen-bond acceptors (Lipinski definition) is 4. The lowest BCUT2D eigenvalue weighted by molar-refractivity contribution is 0.336. The van der Waals surface area contributed by atoms with Crippen LogP contribution < -0.4 is 16.6 Å². The molecule has 0 amide bonds. The van der Waals surface area contributed by atoms with Crippen LogP contribution in [-0.2, 0) is 20.1 Å². The van der Waals surface area contributed by atoms with Gasteiger partial charge in [0.25, 0.3) is 5.56 Å².